The normalized spacial score (nSPS) is 12.6. The van der Waals surface area contributed by atoms with Gasteiger partial charge in [-0.1, -0.05) is 29.8 Å². The summed E-state index contributed by atoms with van der Waals surface area (Å²) in [6.45, 7) is 3.84. The molecule has 0 heterocycles. The number of nitrogens with one attached hydrogen (secondary N) is 2. The van der Waals surface area contributed by atoms with E-state index in [1.165, 1.54) is 24.3 Å². The number of aryl methyl sites for hydroxylation is 2. The van der Waals surface area contributed by atoms with Gasteiger partial charge in [0.05, 0.1) is 12.3 Å². The standard InChI is InChI=1S/C18H21FN2O3S/c1-12-4-9-16(13(2)10-12)20-18(22)11-17(21-25(3,23)24)14-5-7-15(19)8-6-14/h4-10,17,21H,11H2,1-3H3,(H,20,22)/t17-/m0/s1. The molecule has 134 valence electrons. The maximum atomic E-state index is 13.1. The largest absolute Gasteiger partial charge is 0.326 e. The van der Waals surface area contributed by atoms with Gasteiger partial charge in [0, 0.05) is 12.1 Å². The summed E-state index contributed by atoms with van der Waals surface area (Å²) in [5, 5.41) is 2.79. The zero-order valence-electron chi connectivity index (χ0n) is 14.3. The van der Waals surface area contributed by atoms with Crippen LogP contribution in [0.2, 0.25) is 0 Å². The van der Waals surface area contributed by atoms with E-state index in [2.05, 4.69) is 10.0 Å². The van der Waals surface area contributed by atoms with Gasteiger partial charge in [0.25, 0.3) is 0 Å². The molecule has 0 aliphatic rings. The Morgan fingerprint density at radius 3 is 2.32 bits per heavy atom. The molecule has 0 radical (unpaired) electrons. The molecule has 5 nitrogen and oxygen atoms in total. The highest BCUT2D eigenvalue weighted by Crippen LogP contribution is 2.21. The highest BCUT2D eigenvalue weighted by Gasteiger charge is 2.20. The van der Waals surface area contributed by atoms with Crippen molar-refractivity contribution >= 4 is 21.6 Å². The van der Waals surface area contributed by atoms with Crippen LogP contribution in [0.1, 0.15) is 29.2 Å². The lowest BCUT2D eigenvalue weighted by molar-refractivity contribution is -0.116. The fourth-order valence-corrected chi connectivity index (χ4v) is 3.26. The first kappa shape index (κ1) is 19.1. The smallest absolute Gasteiger partial charge is 0.226 e. The second kappa shape index (κ2) is 7.76. The summed E-state index contributed by atoms with van der Waals surface area (Å²) >= 11 is 0. The lowest BCUT2D eigenvalue weighted by Crippen LogP contribution is -2.30. The third-order valence-electron chi connectivity index (χ3n) is 3.67. The molecule has 0 unspecified atom stereocenters. The van der Waals surface area contributed by atoms with Gasteiger partial charge in [-0.15, -0.1) is 0 Å². The molecule has 0 saturated carbocycles. The number of amides is 1. The maximum absolute atomic E-state index is 13.1. The fourth-order valence-electron chi connectivity index (χ4n) is 2.52. The highest BCUT2D eigenvalue weighted by molar-refractivity contribution is 7.88. The Morgan fingerprint density at radius 2 is 1.76 bits per heavy atom. The molecular weight excluding hydrogens is 343 g/mol. The number of benzene rings is 2. The van der Waals surface area contributed by atoms with Gasteiger partial charge in [-0.3, -0.25) is 4.79 Å². The van der Waals surface area contributed by atoms with Crippen LogP contribution in [-0.4, -0.2) is 20.6 Å². The minimum Gasteiger partial charge on any atom is -0.326 e. The van der Waals surface area contributed by atoms with E-state index in [4.69, 9.17) is 0 Å². The maximum Gasteiger partial charge on any atom is 0.226 e. The van der Waals surface area contributed by atoms with E-state index in [1.807, 2.05) is 26.0 Å². The molecule has 25 heavy (non-hydrogen) atoms. The van der Waals surface area contributed by atoms with Crippen molar-refractivity contribution < 1.29 is 17.6 Å². The summed E-state index contributed by atoms with van der Waals surface area (Å²) in [6.07, 6.45) is 0.914. The molecule has 0 aliphatic carbocycles. The van der Waals surface area contributed by atoms with Gasteiger partial charge in [-0.25, -0.2) is 17.5 Å². The zero-order chi connectivity index (χ0) is 18.6. The van der Waals surface area contributed by atoms with E-state index in [1.54, 1.807) is 6.07 Å². The van der Waals surface area contributed by atoms with Crippen LogP contribution >= 0.6 is 0 Å². The van der Waals surface area contributed by atoms with Crippen LogP contribution < -0.4 is 10.0 Å². The molecule has 0 aliphatic heterocycles. The van der Waals surface area contributed by atoms with Crippen molar-refractivity contribution in [1.29, 1.82) is 0 Å². The summed E-state index contributed by atoms with van der Waals surface area (Å²) in [5.41, 5.74) is 3.19. The SMILES string of the molecule is Cc1ccc(NC(=O)C[C@H](NS(C)(=O)=O)c2ccc(F)cc2)c(C)c1. The quantitative estimate of drug-likeness (QED) is 0.827. The van der Waals surface area contributed by atoms with Crippen molar-refractivity contribution in [2.75, 3.05) is 11.6 Å². The summed E-state index contributed by atoms with van der Waals surface area (Å²) in [4.78, 5) is 12.4. The van der Waals surface area contributed by atoms with Crippen LogP contribution in [0.4, 0.5) is 10.1 Å². The molecule has 2 aromatic rings. The lowest BCUT2D eigenvalue weighted by Gasteiger charge is -2.18. The molecule has 0 spiro atoms. The number of halogens is 1. The molecule has 7 heteroatoms. The Bertz CT molecular complexity index is 864. The molecule has 1 amide bonds. The zero-order valence-corrected chi connectivity index (χ0v) is 15.2. The van der Waals surface area contributed by atoms with Crippen molar-refractivity contribution in [3.05, 3.63) is 65.0 Å². The molecule has 0 fully saturated rings. The summed E-state index contributed by atoms with van der Waals surface area (Å²) in [5.74, 6) is -0.765. The van der Waals surface area contributed by atoms with Crippen molar-refractivity contribution in [2.24, 2.45) is 0 Å². The molecule has 2 N–H and O–H groups in total. The lowest BCUT2D eigenvalue weighted by atomic mass is 10.0. The van der Waals surface area contributed by atoms with Gasteiger partial charge in [0.1, 0.15) is 5.82 Å². The molecule has 0 saturated heterocycles. The van der Waals surface area contributed by atoms with Crippen LogP contribution in [0.15, 0.2) is 42.5 Å². The fraction of sp³-hybridized carbons (Fsp3) is 0.278. The second-order valence-corrected chi connectivity index (χ2v) is 7.84. The van der Waals surface area contributed by atoms with Crippen molar-refractivity contribution in [3.63, 3.8) is 0 Å². The monoisotopic (exact) mass is 364 g/mol. The number of carbonyl (C=O) groups excluding carboxylic acids is 1. The first-order valence-electron chi connectivity index (χ1n) is 7.74. The number of hydrogen-bond acceptors (Lipinski definition) is 3. The van der Waals surface area contributed by atoms with E-state index in [0.717, 1.165) is 17.4 Å². The number of carbonyl (C=O) groups is 1. The predicted octanol–water partition coefficient (Wildman–Crippen LogP) is 3.06. The number of hydrogen-bond donors (Lipinski definition) is 2. The Hall–Kier alpha value is -2.25. The van der Waals surface area contributed by atoms with Gasteiger partial charge in [0.2, 0.25) is 15.9 Å². The number of rotatable bonds is 6. The van der Waals surface area contributed by atoms with Crippen LogP contribution in [0.5, 0.6) is 0 Å². The van der Waals surface area contributed by atoms with E-state index < -0.39 is 21.9 Å². The number of sulfonamides is 1. The Kier molecular flexibility index (Phi) is 5.92. The molecule has 0 bridgehead atoms. The van der Waals surface area contributed by atoms with Crippen LogP contribution in [0, 0.1) is 19.7 Å². The Morgan fingerprint density at radius 1 is 1.12 bits per heavy atom. The summed E-state index contributed by atoms with van der Waals surface area (Å²) < 4.78 is 38.7. The third-order valence-corrected chi connectivity index (χ3v) is 4.39. The van der Waals surface area contributed by atoms with Crippen LogP contribution in [0.3, 0.4) is 0 Å². The molecule has 1 atom stereocenters. The second-order valence-electron chi connectivity index (χ2n) is 6.06. The first-order valence-corrected chi connectivity index (χ1v) is 9.63. The van der Waals surface area contributed by atoms with Gasteiger partial charge < -0.3 is 5.32 Å². The van der Waals surface area contributed by atoms with Gasteiger partial charge >= 0.3 is 0 Å². The minimum atomic E-state index is -3.54. The summed E-state index contributed by atoms with van der Waals surface area (Å²) in [7, 11) is -3.54. The van der Waals surface area contributed by atoms with Gasteiger partial charge in [-0.2, -0.15) is 0 Å². The van der Waals surface area contributed by atoms with E-state index in [-0.39, 0.29) is 12.3 Å². The Balaban J connectivity index is 2.17. The van der Waals surface area contributed by atoms with E-state index in [0.29, 0.717) is 11.3 Å². The average Bonchev–Trinajstić information content (AvgIpc) is 2.49. The number of anilines is 1. The average molecular weight is 364 g/mol. The predicted molar refractivity (Wildman–Crippen MR) is 96.3 cm³/mol. The van der Waals surface area contributed by atoms with E-state index >= 15 is 0 Å². The van der Waals surface area contributed by atoms with Crippen molar-refractivity contribution in [2.45, 2.75) is 26.3 Å². The Labute approximate surface area is 147 Å². The van der Waals surface area contributed by atoms with Crippen molar-refractivity contribution in [1.82, 2.24) is 4.72 Å². The highest BCUT2D eigenvalue weighted by atomic mass is 32.2. The first-order chi connectivity index (χ1) is 11.6. The summed E-state index contributed by atoms with van der Waals surface area (Å²) in [6, 6.07) is 10.2. The van der Waals surface area contributed by atoms with Gasteiger partial charge in [0.15, 0.2) is 0 Å². The van der Waals surface area contributed by atoms with Crippen LogP contribution in [-0.2, 0) is 14.8 Å². The van der Waals surface area contributed by atoms with Crippen molar-refractivity contribution in [3.8, 4) is 0 Å². The minimum absolute atomic E-state index is 0.105. The topological polar surface area (TPSA) is 75.3 Å². The molecule has 2 rings (SSSR count). The molecule has 0 aromatic heterocycles. The molecule has 2 aromatic carbocycles. The van der Waals surface area contributed by atoms with E-state index in [9.17, 15) is 17.6 Å². The third kappa shape index (κ3) is 5.95. The van der Waals surface area contributed by atoms with Gasteiger partial charge in [-0.05, 0) is 43.2 Å². The van der Waals surface area contributed by atoms with Crippen LogP contribution in [0.25, 0.3) is 0 Å². The molecular formula is C18H21FN2O3S.